The third-order valence-electron chi connectivity index (χ3n) is 3.88. The molecular formula is C16H23NO4. The number of benzene rings is 1. The second-order valence-electron chi connectivity index (χ2n) is 5.41. The van der Waals surface area contributed by atoms with Crippen molar-refractivity contribution >= 4 is 5.91 Å². The van der Waals surface area contributed by atoms with Crippen LogP contribution in [0, 0.1) is 5.92 Å². The third-order valence-corrected chi connectivity index (χ3v) is 3.88. The quantitative estimate of drug-likeness (QED) is 0.856. The summed E-state index contributed by atoms with van der Waals surface area (Å²) in [5.41, 5.74) is 0.518. The van der Waals surface area contributed by atoms with Gasteiger partial charge in [-0.3, -0.25) is 4.79 Å². The number of methoxy groups -OCH3 is 3. The Labute approximate surface area is 125 Å². The summed E-state index contributed by atoms with van der Waals surface area (Å²) in [5.74, 6) is 2.12. The largest absolute Gasteiger partial charge is 0.496 e. The van der Waals surface area contributed by atoms with Gasteiger partial charge in [0.1, 0.15) is 5.75 Å². The zero-order valence-electron chi connectivity index (χ0n) is 13.1. The van der Waals surface area contributed by atoms with E-state index < -0.39 is 0 Å². The summed E-state index contributed by atoms with van der Waals surface area (Å²) in [6, 6.07) is 3.39. The topological polar surface area (TPSA) is 48.0 Å². The first-order chi connectivity index (χ1) is 10.1. The molecule has 1 aliphatic heterocycles. The molecule has 1 aliphatic rings. The molecule has 5 nitrogen and oxygen atoms in total. The van der Waals surface area contributed by atoms with Crippen molar-refractivity contribution in [3.63, 3.8) is 0 Å². The van der Waals surface area contributed by atoms with E-state index in [0.29, 0.717) is 28.7 Å². The van der Waals surface area contributed by atoms with Crippen molar-refractivity contribution < 1.29 is 19.0 Å². The number of hydrogen-bond acceptors (Lipinski definition) is 4. The number of amides is 1. The number of carbonyl (C=O) groups is 1. The molecular weight excluding hydrogens is 270 g/mol. The lowest BCUT2D eigenvalue weighted by molar-refractivity contribution is 0.0679. The van der Waals surface area contributed by atoms with Gasteiger partial charge in [0.05, 0.1) is 26.9 Å². The molecule has 0 spiro atoms. The van der Waals surface area contributed by atoms with Crippen LogP contribution in [0.3, 0.4) is 0 Å². The van der Waals surface area contributed by atoms with Crippen LogP contribution >= 0.6 is 0 Å². The molecule has 1 amide bonds. The van der Waals surface area contributed by atoms with Gasteiger partial charge in [-0.15, -0.1) is 0 Å². The lowest BCUT2D eigenvalue weighted by Crippen LogP contribution is -2.39. The van der Waals surface area contributed by atoms with Crippen LogP contribution in [0.5, 0.6) is 17.2 Å². The van der Waals surface area contributed by atoms with Crippen molar-refractivity contribution in [1.29, 1.82) is 0 Å². The summed E-state index contributed by atoms with van der Waals surface area (Å²) in [4.78, 5) is 14.6. The van der Waals surface area contributed by atoms with E-state index in [9.17, 15) is 4.79 Å². The minimum absolute atomic E-state index is 0.0145. The summed E-state index contributed by atoms with van der Waals surface area (Å²) >= 11 is 0. The molecule has 5 heteroatoms. The fourth-order valence-electron chi connectivity index (χ4n) is 2.74. The molecule has 0 saturated carbocycles. The summed E-state index contributed by atoms with van der Waals surface area (Å²) in [6.07, 6.45) is 2.22. The molecule has 2 rings (SSSR count). The highest BCUT2D eigenvalue weighted by Gasteiger charge is 2.25. The minimum atomic E-state index is -0.0145. The maximum Gasteiger partial charge on any atom is 0.257 e. The van der Waals surface area contributed by atoms with Crippen molar-refractivity contribution in [3.05, 3.63) is 17.7 Å². The van der Waals surface area contributed by atoms with Crippen molar-refractivity contribution in [2.24, 2.45) is 5.92 Å². The number of nitrogens with zero attached hydrogens (tertiary/aromatic N) is 1. The van der Waals surface area contributed by atoms with Gasteiger partial charge in [-0.05, 0) is 18.8 Å². The van der Waals surface area contributed by atoms with Gasteiger partial charge in [0.25, 0.3) is 5.91 Å². The molecule has 1 unspecified atom stereocenters. The fraction of sp³-hybridized carbons (Fsp3) is 0.562. The molecule has 116 valence electrons. The number of rotatable bonds is 4. The van der Waals surface area contributed by atoms with Crippen LogP contribution in [0.15, 0.2) is 12.1 Å². The fourth-order valence-corrected chi connectivity index (χ4v) is 2.74. The van der Waals surface area contributed by atoms with Crippen molar-refractivity contribution in [3.8, 4) is 17.2 Å². The molecule has 1 atom stereocenters. The zero-order valence-corrected chi connectivity index (χ0v) is 13.1. The third kappa shape index (κ3) is 3.23. The second kappa shape index (κ2) is 6.70. The first-order valence-electron chi connectivity index (χ1n) is 7.20. The van der Waals surface area contributed by atoms with Gasteiger partial charge >= 0.3 is 0 Å². The van der Waals surface area contributed by atoms with E-state index in [4.69, 9.17) is 14.2 Å². The Balaban J connectivity index is 2.34. The first kappa shape index (κ1) is 15.5. The number of piperidine rings is 1. The lowest BCUT2D eigenvalue weighted by Gasteiger charge is -2.31. The highest BCUT2D eigenvalue weighted by molar-refractivity contribution is 5.98. The van der Waals surface area contributed by atoms with Gasteiger partial charge < -0.3 is 19.1 Å². The molecule has 0 bridgehead atoms. The van der Waals surface area contributed by atoms with Crippen molar-refractivity contribution in [2.75, 3.05) is 34.4 Å². The molecule has 1 aromatic rings. The predicted molar refractivity (Wildman–Crippen MR) is 80.4 cm³/mol. The molecule has 21 heavy (non-hydrogen) atoms. The van der Waals surface area contributed by atoms with Crippen LogP contribution < -0.4 is 14.2 Å². The van der Waals surface area contributed by atoms with Gasteiger partial charge in [0.2, 0.25) is 0 Å². The average molecular weight is 293 g/mol. The normalized spacial score (nSPS) is 18.3. The summed E-state index contributed by atoms with van der Waals surface area (Å²) < 4.78 is 15.9. The van der Waals surface area contributed by atoms with Crippen LogP contribution in [0.4, 0.5) is 0 Å². The van der Waals surface area contributed by atoms with E-state index in [2.05, 4.69) is 6.92 Å². The van der Waals surface area contributed by atoms with Crippen LogP contribution in [0.1, 0.15) is 30.1 Å². The van der Waals surface area contributed by atoms with Crippen LogP contribution in [0.25, 0.3) is 0 Å². The number of likely N-dealkylation sites (tertiary alicyclic amines) is 1. The van der Waals surface area contributed by atoms with E-state index in [1.807, 2.05) is 4.90 Å². The van der Waals surface area contributed by atoms with Crippen molar-refractivity contribution in [2.45, 2.75) is 19.8 Å². The molecule has 1 aromatic carbocycles. The summed E-state index contributed by atoms with van der Waals surface area (Å²) in [6.45, 7) is 3.75. The Kier molecular flexibility index (Phi) is 4.94. The van der Waals surface area contributed by atoms with Crippen LogP contribution in [-0.4, -0.2) is 45.2 Å². The Hall–Kier alpha value is -1.91. The number of ether oxygens (including phenoxy) is 3. The average Bonchev–Trinajstić information content (AvgIpc) is 2.52. The molecule has 0 N–H and O–H groups in total. The first-order valence-corrected chi connectivity index (χ1v) is 7.20. The van der Waals surface area contributed by atoms with Gasteiger partial charge in [-0.25, -0.2) is 0 Å². The zero-order chi connectivity index (χ0) is 15.4. The van der Waals surface area contributed by atoms with E-state index in [1.54, 1.807) is 33.5 Å². The van der Waals surface area contributed by atoms with Crippen molar-refractivity contribution in [1.82, 2.24) is 4.90 Å². The van der Waals surface area contributed by atoms with E-state index in [-0.39, 0.29) is 5.91 Å². The highest BCUT2D eigenvalue weighted by Crippen LogP contribution is 2.35. The number of carbonyl (C=O) groups excluding carboxylic acids is 1. The van der Waals surface area contributed by atoms with Gasteiger partial charge in [-0.2, -0.15) is 0 Å². The Morgan fingerprint density at radius 1 is 1.10 bits per heavy atom. The van der Waals surface area contributed by atoms with Crippen LogP contribution in [-0.2, 0) is 0 Å². The van der Waals surface area contributed by atoms with E-state index in [1.165, 1.54) is 6.42 Å². The number of hydrogen-bond donors (Lipinski definition) is 0. The van der Waals surface area contributed by atoms with Gasteiger partial charge in [0, 0.05) is 25.2 Å². The molecule has 1 fully saturated rings. The monoisotopic (exact) mass is 293 g/mol. The maximum atomic E-state index is 12.7. The molecule has 0 aliphatic carbocycles. The predicted octanol–water partition coefficient (Wildman–Crippen LogP) is 2.58. The maximum absolute atomic E-state index is 12.7. The summed E-state index contributed by atoms with van der Waals surface area (Å²) in [5, 5.41) is 0. The van der Waals surface area contributed by atoms with Gasteiger partial charge in [-0.1, -0.05) is 6.92 Å². The molecule has 1 saturated heterocycles. The van der Waals surface area contributed by atoms with Crippen LogP contribution in [0.2, 0.25) is 0 Å². The Morgan fingerprint density at radius 2 is 1.71 bits per heavy atom. The Morgan fingerprint density at radius 3 is 2.29 bits per heavy atom. The lowest BCUT2D eigenvalue weighted by atomic mass is 9.99. The molecule has 0 aromatic heterocycles. The summed E-state index contributed by atoms with van der Waals surface area (Å²) in [7, 11) is 4.67. The SMILES string of the molecule is COc1cc(OC)c(C(=O)N2CCCC(C)C2)cc1OC. The second-order valence-corrected chi connectivity index (χ2v) is 5.41. The highest BCUT2D eigenvalue weighted by atomic mass is 16.5. The molecule has 0 radical (unpaired) electrons. The van der Waals surface area contributed by atoms with E-state index >= 15 is 0 Å². The molecule has 1 heterocycles. The Bertz CT molecular complexity index is 515. The smallest absolute Gasteiger partial charge is 0.257 e. The van der Waals surface area contributed by atoms with Gasteiger partial charge in [0.15, 0.2) is 11.5 Å². The minimum Gasteiger partial charge on any atom is -0.496 e. The standard InChI is InChI=1S/C16H23NO4/c1-11-6-5-7-17(10-11)16(18)12-8-14(20-3)15(21-4)9-13(12)19-2/h8-9,11H,5-7,10H2,1-4H3. The van der Waals surface area contributed by atoms with E-state index in [0.717, 1.165) is 19.5 Å².